The first kappa shape index (κ1) is 18.6. The fraction of sp³-hybridized carbons (Fsp3) is 0.222. The lowest BCUT2D eigenvalue weighted by molar-refractivity contribution is 0.0600. The number of hydrogen-bond acceptors (Lipinski definition) is 6. The summed E-state index contributed by atoms with van der Waals surface area (Å²) in [6, 6.07) is 9.19. The third-order valence-electron chi connectivity index (χ3n) is 3.25. The minimum Gasteiger partial charge on any atom is -0.497 e. The minimum atomic E-state index is -0.615. The molecule has 2 rings (SSSR count). The van der Waals surface area contributed by atoms with Gasteiger partial charge in [-0.25, -0.2) is 9.59 Å². The Morgan fingerprint density at radius 2 is 1.68 bits per heavy atom. The van der Waals surface area contributed by atoms with Gasteiger partial charge in [-0.2, -0.15) is 0 Å². The van der Waals surface area contributed by atoms with Crippen LogP contribution >= 0.6 is 11.6 Å². The van der Waals surface area contributed by atoms with Gasteiger partial charge < -0.3 is 18.9 Å². The van der Waals surface area contributed by atoms with Crippen molar-refractivity contribution in [3.05, 3.63) is 52.5 Å². The topological polar surface area (TPSA) is 71.1 Å². The molecular weight excluding hydrogens is 348 g/mol. The number of benzene rings is 2. The molecule has 132 valence electrons. The lowest BCUT2D eigenvalue weighted by Gasteiger charge is -2.13. The third kappa shape index (κ3) is 4.42. The van der Waals surface area contributed by atoms with Gasteiger partial charge in [0.1, 0.15) is 5.75 Å². The maximum atomic E-state index is 12.3. The molecule has 0 bridgehead atoms. The lowest BCUT2D eigenvalue weighted by Crippen LogP contribution is -2.11. The molecule has 2 aromatic carbocycles. The van der Waals surface area contributed by atoms with Crippen LogP contribution in [0.3, 0.4) is 0 Å². The number of rotatable bonds is 6. The van der Waals surface area contributed by atoms with Gasteiger partial charge in [-0.1, -0.05) is 11.6 Å². The first-order valence-corrected chi connectivity index (χ1v) is 7.78. The molecule has 0 fully saturated rings. The Bertz CT molecular complexity index is 770. The number of hydrogen-bond donors (Lipinski definition) is 0. The zero-order valence-electron chi connectivity index (χ0n) is 14.0. The maximum Gasteiger partial charge on any atom is 0.343 e. The van der Waals surface area contributed by atoms with Gasteiger partial charge in [0.05, 0.1) is 37.0 Å². The molecule has 25 heavy (non-hydrogen) atoms. The molecule has 7 heteroatoms. The molecule has 0 atom stereocenters. The summed E-state index contributed by atoms with van der Waals surface area (Å²) in [6.45, 7) is 2.06. The van der Waals surface area contributed by atoms with E-state index in [-0.39, 0.29) is 22.1 Å². The highest BCUT2D eigenvalue weighted by Gasteiger charge is 2.20. The quantitative estimate of drug-likeness (QED) is 0.574. The number of carbonyl (C=O) groups is 2. The van der Waals surface area contributed by atoms with E-state index in [4.69, 9.17) is 25.8 Å². The normalized spacial score (nSPS) is 10.1. The molecule has 0 radical (unpaired) electrons. The van der Waals surface area contributed by atoms with Crippen LogP contribution in [0.2, 0.25) is 5.02 Å². The highest BCUT2D eigenvalue weighted by molar-refractivity contribution is 6.32. The molecule has 0 unspecified atom stereocenters. The second-order valence-corrected chi connectivity index (χ2v) is 5.24. The second kappa shape index (κ2) is 8.39. The van der Waals surface area contributed by atoms with E-state index in [9.17, 15) is 9.59 Å². The average Bonchev–Trinajstić information content (AvgIpc) is 2.63. The molecule has 0 aromatic heterocycles. The first-order valence-electron chi connectivity index (χ1n) is 7.41. The number of carbonyl (C=O) groups excluding carboxylic acids is 2. The molecule has 0 aliphatic heterocycles. The summed E-state index contributed by atoms with van der Waals surface area (Å²) in [5.74, 6) is -0.353. The fourth-order valence-electron chi connectivity index (χ4n) is 2.04. The minimum absolute atomic E-state index is 0.0389. The Morgan fingerprint density at radius 3 is 2.24 bits per heavy atom. The summed E-state index contributed by atoms with van der Waals surface area (Å²) in [5.41, 5.74) is 0.511. The van der Waals surface area contributed by atoms with Crippen LogP contribution in [0.1, 0.15) is 27.6 Å². The van der Waals surface area contributed by atoms with Gasteiger partial charge >= 0.3 is 11.9 Å². The molecule has 0 heterocycles. The van der Waals surface area contributed by atoms with Crippen molar-refractivity contribution in [3.8, 4) is 17.2 Å². The maximum absolute atomic E-state index is 12.3. The van der Waals surface area contributed by atoms with Gasteiger partial charge in [0, 0.05) is 0 Å². The zero-order valence-corrected chi connectivity index (χ0v) is 14.8. The van der Waals surface area contributed by atoms with Crippen molar-refractivity contribution in [2.75, 3.05) is 20.8 Å². The van der Waals surface area contributed by atoms with Crippen molar-refractivity contribution in [2.24, 2.45) is 0 Å². The molecular formula is C18H17ClO6. The van der Waals surface area contributed by atoms with Crippen LogP contribution in [0.5, 0.6) is 17.2 Å². The van der Waals surface area contributed by atoms with E-state index in [2.05, 4.69) is 4.74 Å². The largest absolute Gasteiger partial charge is 0.497 e. The first-order chi connectivity index (χ1) is 12.0. The Morgan fingerprint density at radius 1 is 1.00 bits per heavy atom. The van der Waals surface area contributed by atoms with E-state index in [1.807, 2.05) is 0 Å². The van der Waals surface area contributed by atoms with Crippen molar-refractivity contribution >= 4 is 23.5 Å². The molecule has 0 spiro atoms. The lowest BCUT2D eigenvalue weighted by atomic mass is 10.2. The molecule has 6 nitrogen and oxygen atoms in total. The summed E-state index contributed by atoms with van der Waals surface area (Å²) < 4.78 is 20.5. The fourth-order valence-corrected chi connectivity index (χ4v) is 2.29. The van der Waals surface area contributed by atoms with Crippen LogP contribution in [0.4, 0.5) is 0 Å². The highest BCUT2D eigenvalue weighted by atomic mass is 35.5. The summed E-state index contributed by atoms with van der Waals surface area (Å²) in [7, 11) is 2.79. The predicted octanol–water partition coefficient (Wildman–Crippen LogP) is 3.75. The van der Waals surface area contributed by atoms with Gasteiger partial charge in [-0.3, -0.25) is 0 Å². The van der Waals surface area contributed by atoms with Crippen LogP contribution in [0.15, 0.2) is 36.4 Å². The summed E-state index contributed by atoms with van der Waals surface area (Å²) in [5, 5.41) is 0.0632. The zero-order chi connectivity index (χ0) is 18.4. The van der Waals surface area contributed by atoms with E-state index >= 15 is 0 Å². The van der Waals surface area contributed by atoms with Crippen molar-refractivity contribution in [3.63, 3.8) is 0 Å². The van der Waals surface area contributed by atoms with Crippen molar-refractivity contribution in [1.29, 1.82) is 0 Å². The van der Waals surface area contributed by atoms with Crippen LogP contribution in [0, 0.1) is 0 Å². The van der Waals surface area contributed by atoms with Crippen LogP contribution < -0.4 is 14.2 Å². The Labute approximate surface area is 150 Å². The molecule has 0 N–H and O–H groups in total. The monoisotopic (exact) mass is 364 g/mol. The highest BCUT2D eigenvalue weighted by Crippen LogP contribution is 2.37. The van der Waals surface area contributed by atoms with Gasteiger partial charge in [0.2, 0.25) is 0 Å². The van der Waals surface area contributed by atoms with Gasteiger partial charge in [0.15, 0.2) is 11.5 Å². The van der Waals surface area contributed by atoms with Crippen molar-refractivity contribution in [2.45, 2.75) is 6.92 Å². The standard InChI is InChI=1S/C18H17ClO6/c1-4-24-15-10-12(17(20)23-3)9-14(19)16(15)25-18(21)11-5-7-13(22-2)8-6-11/h5-10H,4H2,1-3H3. The average molecular weight is 365 g/mol. The molecule has 0 saturated carbocycles. The Balaban J connectivity index is 2.33. The van der Waals surface area contributed by atoms with Gasteiger partial charge in [-0.05, 0) is 43.3 Å². The van der Waals surface area contributed by atoms with Crippen LogP contribution in [-0.2, 0) is 4.74 Å². The van der Waals surface area contributed by atoms with Crippen LogP contribution in [0.25, 0.3) is 0 Å². The van der Waals surface area contributed by atoms with Crippen molar-refractivity contribution < 1.29 is 28.5 Å². The van der Waals surface area contributed by atoms with Crippen LogP contribution in [-0.4, -0.2) is 32.8 Å². The predicted molar refractivity (Wildman–Crippen MR) is 91.9 cm³/mol. The molecule has 0 aliphatic carbocycles. The Kier molecular flexibility index (Phi) is 6.25. The van der Waals surface area contributed by atoms with Gasteiger partial charge in [-0.15, -0.1) is 0 Å². The third-order valence-corrected chi connectivity index (χ3v) is 3.53. The second-order valence-electron chi connectivity index (χ2n) is 4.83. The van der Waals surface area contributed by atoms with Gasteiger partial charge in [0.25, 0.3) is 0 Å². The van der Waals surface area contributed by atoms with Crippen molar-refractivity contribution in [1.82, 2.24) is 0 Å². The molecule has 0 saturated heterocycles. The number of halogens is 1. The number of esters is 2. The Hall–Kier alpha value is -2.73. The summed E-state index contributed by atoms with van der Waals surface area (Å²) in [6.07, 6.45) is 0. The molecule has 0 amide bonds. The van der Waals surface area contributed by atoms with E-state index < -0.39 is 11.9 Å². The number of ether oxygens (including phenoxy) is 4. The molecule has 2 aromatic rings. The van der Waals surface area contributed by atoms with E-state index in [0.717, 1.165) is 0 Å². The summed E-state index contributed by atoms with van der Waals surface area (Å²) in [4.78, 5) is 24.0. The van der Waals surface area contributed by atoms with E-state index in [0.29, 0.717) is 17.9 Å². The van der Waals surface area contributed by atoms with E-state index in [1.54, 1.807) is 31.2 Å². The summed E-state index contributed by atoms with van der Waals surface area (Å²) >= 11 is 6.17. The van der Waals surface area contributed by atoms with E-state index in [1.165, 1.54) is 26.4 Å². The SMILES string of the molecule is CCOc1cc(C(=O)OC)cc(Cl)c1OC(=O)c1ccc(OC)cc1. The smallest absolute Gasteiger partial charge is 0.343 e. The molecule has 0 aliphatic rings. The number of methoxy groups -OCH3 is 2.